The van der Waals surface area contributed by atoms with Crippen LogP contribution in [0.4, 0.5) is 8.78 Å². The van der Waals surface area contributed by atoms with Crippen LogP contribution in [0.15, 0.2) is 18.2 Å². The van der Waals surface area contributed by atoms with Gasteiger partial charge in [-0.3, -0.25) is 4.79 Å². The molecule has 0 aliphatic heterocycles. The molecule has 0 unspecified atom stereocenters. The minimum absolute atomic E-state index is 0.238. The summed E-state index contributed by atoms with van der Waals surface area (Å²) in [6.45, 7) is 3.03. The monoisotopic (exact) mass is 199 g/mol. The fourth-order valence-electron chi connectivity index (χ4n) is 1.06. The van der Waals surface area contributed by atoms with Crippen molar-refractivity contribution in [3.05, 3.63) is 35.4 Å². The number of hydrogen-bond donors (Lipinski definition) is 1. The van der Waals surface area contributed by atoms with Crippen molar-refractivity contribution in [2.45, 2.75) is 19.3 Å². The third-order valence-electron chi connectivity index (χ3n) is 2.20. The molecule has 1 rings (SSSR count). The van der Waals surface area contributed by atoms with Crippen molar-refractivity contribution >= 4 is 5.91 Å². The van der Waals surface area contributed by atoms with E-state index in [-0.39, 0.29) is 5.56 Å². The molecule has 0 atom stereocenters. The maximum absolute atomic E-state index is 12.8. The second-order valence-electron chi connectivity index (χ2n) is 3.65. The van der Waals surface area contributed by atoms with Crippen LogP contribution in [0.2, 0.25) is 0 Å². The Morgan fingerprint density at radius 2 is 1.64 bits per heavy atom. The van der Waals surface area contributed by atoms with Gasteiger partial charge in [0.15, 0.2) is 0 Å². The Morgan fingerprint density at radius 3 is 2.00 bits per heavy atom. The summed E-state index contributed by atoms with van der Waals surface area (Å²) in [5.41, 5.74) is 4.29. The van der Waals surface area contributed by atoms with Crippen LogP contribution < -0.4 is 5.73 Å². The SMILES string of the molecule is CC(C)(C(N)=O)c1cc(F)cc(F)c1. The highest BCUT2D eigenvalue weighted by Gasteiger charge is 2.28. The summed E-state index contributed by atoms with van der Waals surface area (Å²) in [5, 5.41) is 0. The van der Waals surface area contributed by atoms with E-state index >= 15 is 0 Å². The molecule has 1 aromatic rings. The van der Waals surface area contributed by atoms with Gasteiger partial charge in [0.1, 0.15) is 11.6 Å². The number of carbonyl (C=O) groups is 1. The quantitative estimate of drug-likeness (QED) is 0.774. The largest absolute Gasteiger partial charge is 0.369 e. The molecule has 0 radical (unpaired) electrons. The normalized spacial score (nSPS) is 11.4. The molecule has 0 bridgehead atoms. The van der Waals surface area contributed by atoms with Gasteiger partial charge in [-0.25, -0.2) is 8.78 Å². The molecule has 1 aromatic carbocycles. The molecule has 0 saturated heterocycles. The van der Waals surface area contributed by atoms with E-state index in [2.05, 4.69) is 0 Å². The molecule has 0 saturated carbocycles. The molecule has 0 aromatic heterocycles. The summed E-state index contributed by atoms with van der Waals surface area (Å²) in [4.78, 5) is 11.0. The molecule has 2 nitrogen and oxygen atoms in total. The van der Waals surface area contributed by atoms with Crippen molar-refractivity contribution in [1.82, 2.24) is 0 Å². The summed E-state index contributed by atoms with van der Waals surface area (Å²) in [7, 11) is 0. The number of nitrogens with two attached hydrogens (primary N) is 1. The number of primary amides is 1. The first-order valence-corrected chi connectivity index (χ1v) is 4.10. The highest BCUT2D eigenvalue weighted by atomic mass is 19.1. The van der Waals surface area contributed by atoms with Gasteiger partial charge >= 0.3 is 0 Å². The Labute approximate surface area is 80.7 Å². The smallest absolute Gasteiger partial charge is 0.227 e. The van der Waals surface area contributed by atoms with Crippen LogP contribution in [0.5, 0.6) is 0 Å². The highest BCUT2D eigenvalue weighted by Crippen LogP contribution is 2.24. The van der Waals surface area contributed by atoms with Crippen LogP contribution in [0.1, 0.15) is 19.4 Å². The minimum atomic E-state index is -1.07. The van der Waals surface area contributed by atoms with Crippen LogP contribution in [0.3, 0.4) is 0 Å². The maximum atomic E-state index is 12.8. The average Bonchev–Trinajstić information content (AvgIpc) is 2.01. The van der Waals surface area contributed by atoms with Crippen LogP contribution in [0.25, 0.3) is 0 Å². The lowest BCUT2D eigenvalue weighted by atomic mass is 9.84. The first kappa shape index (κ1) is 10.6. The van der Waals surface area contributed by atoms with Gasteiger partial charge in [0.05, 0.1) is 5.41 Å². The molecule has 0 aliphatic rings. The lowest BCUT2D eigenvalue weighted by Gasteiger charge is -2.20. The number of benzene rings is 1. The predicted molar refractivity (Wildman–Crippen MR) is 48.6 cm³/mol. The lowest BCUT2D eigenvalue weighted by Crippen LogP contribution is -2.35. The van der Waals surface area contributed by atoms with Crippen molar-refractivity contribution in [3.8, 4) is 0 Å². The zero-order chi connectivity index (χ0) is 10.9. The highest BCUT2D eigenvalue weighted by molar-refractivity contribution is 5.85. The summed E-state index contributed by atoms with van der Waals surface area (Å²) in [6.07, 6.45) is 0. The minimum Gasteiger partial charge on any atom is -0.369 e. The van der Waals surface area contributed by atoms with Gasteiger partial charge in [-0.2, -0.15) is 0 Å². The standard InChI is InChI=1S/C10H11F2NO/c1-10(2,9(13)14)6-3-7(11)5-8(12)4-6/h3-5H,1-2H3,(H2,13,14). The molecule has 0 spiro atoms. The van der Waals surface area contributed by atoms with Gasteiger partial charge in [-0.1, -0.05) is 0 Å². The Kier molecular flexibility index (Phi) is 2.55. The van der Waals surface area contributed by atoms with Crippen LogP contribution in [0, 0.1) is 11.6 Å². The van der Waals surface area contributed by atoms with Crippen LogP contribution in [-0.2, 0) is 10.2 Å². The number of carbonyl (C=O) groups excluding carboxylic acids is 1. The third-order valence-corrected chi connectivity index (χ3v) is 2.20. The van der Waals surface area contributed by atoms with Gasteiger partial charge in [0, 0.05) is 6.07 Å². The van der Waals surface area contributed by atoms with Crippen molar-refractivity contribution in [2.24, 2.45) is 5.73 Å². The van der Waals surface area contributed by atoms with Crippen molar-refractivity contribution in [2.75, 3.05) is 0 Å². The zero-order valence-corrected chi connectivity index (χ0v) is 7.97. The number of hydrogen-bond acceptors (Lipinski definition) is 1. The molecule has 4 heteroatoms. The molecule has 14 heavy (non-hydrogen) atoms. The van der Waals surface area contributed by atoms with Crippen molar-refractivity contribution in [3.63, 3.8) is 0 Å². The van der Waals surface area contributed by atoms with E-state index < -0.39 is 23.0 Å². The van der Waals surface area contributed by atoms with E-state index in [9.17, 15) is 13.6 Å². The molecule has 1 amide bonds. The predicted octanol–water partition coefficient (Wildman–Crippen LogP) is 1.73. The van der Waals surface area contributed by atoms with Crippen molar-refractivity contribution < 1.29 is 13.6 Å². The Bertz CT molecular complexity index is 354. The second kappa shape index (κ2) is 3.36. The summed E-state index contributed by atoms with van der Waals surface area (Å²) in [6, 6.07) is 2.96. The Hall–Kier alpha value is -1.45. The van der Waals surface area contributed by atoms with E-state index in [0.717, 1.165) is 18.2 Å². The molecular weight excluding hydrogens is 188 g/mol. The van der Waals surface area contributed by atoms with Gasteiger partial charge in [-0.05, 0) is 31.5 Å². The number of rotatable bonds is 2. The molecule has 0 heterocycles. The fraction of sp³-hybridized carbons (Fsp3) is 0.300. The van der Waals surface area contributed by atoms with Gasteiger partial charge < -0.3 is 5.73 Å². The van der Waals surface area contributed by atoms with E-state index in [1.807, 2.05) is 0 Å². The Balaban J connectivity index is 3.25. The van der Waals surface area contributed by atoms with Gasteiger partial charge in [-0.15, -0.1) is 0 Å². The second-order valence-corrected chi connectivity index (χ2v) is 3.65. The number of amides is 1. The molecule has 0 fully saturated rings. The average molecular weight is 199 g/mol. The molecule has 2 N–H and O–H groups in total. The van der Waals surface area contributed by atoms with Crippen molar-refractivity contribution in [1.29, 1.82) is 0 Å². The molecular formula is C10H11F2NO. The van der Waals surface area contributed by atoms with E-state index in [0.29, 0.717) is 0 Å². The first-order chi connectivity index (χ1) is 6.34. The summed E-state index contributed by atoms with van der Waals surface area (Å²) in [5.74, 6) is -2.05. The summed E-state index contributed by atoms with van der Waals surface area (Å²) < 4.78 is 25.7. The Morgan fingerprint density at radius 1 is 1.21 bits per heavy atom. The van der Waals surface area contributed by atoms with Crippen LogP contribution >= 0.6 is 0 Å². The third kappa shape index (κ3) is 1.89. The zero-order valence-electron chi connectivity index (χ0n) is 7.97. The van der Waals surface area contributed by atoms with Gasteiger partial charge in [0.2, 0.25) is 5.91 Å². The molecule has 76 valence electrons. The van der Waals surface area contributed by atoms with E-state index in [1.165, 1.54) is 13.8 Å². The van der Waals surface area contributed by atoms with Gasteiger partial charge in [0.25, 0.3) is 0 Å². The lowest BCUT2D eigenvalue weighted by molar-refractivity contribution is -0.122. The van der Waals surface area contributed by atoms with E-state index in [1.54, 1.807) is 0 Å². The van der Waals surface area contributed by atoms with E-state index in [4.69, 9.17) is 5.73 Å². The number of halogens is 2. The summed E-state index contributed by atoms with van der Waals surface area (Å²) >= 11 is 0. The fourth-order valence-corrected chi connectivity index (χ4v) is 1.06. The maximum Gasteiger partial charge on any atom is 0.227 e. The molecule has 0 aliphatic carbocycles. The topological polar surface area (TPSA) is 43.1 Å². The first-order valence-electron chi connectivity index (χ1n) is 4.10. The van der Waals surface area contributed by atoms with Crippen LogP contribution in [-0.4, -0.2) is 5.91 Å².